The van der Waals surface area contributed by atoms with E-state index in [1.54, 1.807) is 0 Å². The van der Waals surface area contributed by atoms with Gasteiger partial charge in [-0.05, 0) is 42.4 Å². The molecule has 2 N–H and O–H groups in total. The van der Waals surface area contributed by atoms with Crippen LogP contribution in [-0.2, 0) is 16.1 Å². The Labute approximate surface area is 155 Å². The summed E-state index contributed by atoms with van der Waals surface area (Å²) in [7, 11) is 0. The minimum Gasteiger partial charge on any atom is -0.494 e. The number of carbonyl (C=O) groups is 2. The van der Waals surface area contributed by atoms with Gasteiger partial charge < -0.3 is 15.2 Å². The van der Waals surface area contributed by atoms with Crippen LogP contribution in [0, 0.1) is 17.8 Å². The lowest BCUT2D eigenvalue weighted by Crippen LogP contribution is -2.26. The van der Waals surface area contributed by atoms with E-state index in [0.29, 0.717) is 25.5 Å². The fraction of sp³-hybridized carbons (Fsp3) is 0.619. The van der Waals surface area contributed by atoms with Crippen molar-refractivity contribution < 1.29 is 19.4 Å². The molecule has 142 valence electrons. The minimum atomic E-state index is -0.805. The van der Waals surface area contributed by atoms with Crippen molar-refractivity contribution in [1.82, 2.24) is 5.32 Å². The lowest BCUT2D eigenvalue weighted by molar-refractivity contribution is -0.137. The Hall–Kier alpha value is -2.04. The van der Waals surface area contributed by atoms with Crippen molar-refractivity contribution in [2.75, 3.05) is 6.61 Å². The van der Waals surface area contributed by atoms with Crippen molar-refractivity contribution in [2.45, 2.75) is 57.9 Å². The van der Waals surface area contributed by atoms with Crippen LogP contribution in [-0.4, -0.2) is 23.6 Å². The SMILES string of the molecule is O=C(O)CCCOc1ccc(CNC(=O)C2CC2C2CCCCC2)cc1. The summed E-state index contributed by atoms with van der Waals surface area (Å²) in [6.45, 7) is 0.943. The van der Waals surface area contributed by atoms with Crippen LogP contribution in [0.3, 0.4) is 0 Å². The van der Waals surface area contributed by atoms with Gasteiger partial charge in [0.2, 0.25) is 5.91 Å². The molecule has 2 atom stereocenters. The Balaban J connectivity index is 1.35. The van der Waals surface area contributed by atoms with Crippen molar-refractivity contribution in [3.05, 3.63) is 29.8 Å². The van der Waals surface area contributed by atoms with Crippen LogP contribution in [0.1, 0.15) is 56.9 Å². The lowest BCUT2D eigenvalue weighted by Gasteiger charge is -2.21. The van der Waals surface area contributed by atoms with Crippen molar-refractivity contribution in [3.63, 3.8) is 0 Å². The Bertz CT molecular complexity index is 607. The fourth-order valence-electron chi connectivity index (χ4n) is 4.04. The predicted molar refractivity (Wildman–Crippen MR) is 98.8 cm³/mol. The van der Waals surface area contributed by atoms with Crippen LogP contribution in [0.4, 0.5) is 0 Å². The molecule has 2 aliphatic rings. The van der Waals surface area contributed by atoms with E-state index in [-0.39, 0.29) is 18.2 Å². The second-order valence-corrected chi connectivity index (χ2v) is 7.61. The third kappa shape index (κ3) is 5.48. The molecule has 0 saturated heterocycles. The summed E-state index contributed by atoms with van der Waals surface area (Å²) < 4.78 is 5.52. The molecule has 2 fully saturated rings. The standard InChI is InChI=1S/C21H29NO4/c23-20(24)7-4-12-26-17-10-8-15(9-11-17)14-22-21(25)19-13-18(19)16-5-2-1-3-6-16/h8-11,16,18-19H,1-7,12-14H2,(H,22,25)(H,23,24). The molecular formula is C21H29NO4. The quantitative estimate of drug-likeness (QED) is 0.658. The van der Waals surface area contributed by atoms with Gasteiger partial charge in [0, 0.05) is 18.9 Å². The van der Waals surface area contributed by atoms with Gasteiger partial charge in [-0.2, -0.15) is 0 Å². The van der Waals surface area contributed by atoms with Crippen LogP contribution in [0.2, 0.25) is 0 Å². The lowest BCUT2D eigenvalue weighted by atomic mass is 9.85. The molecule has 0 bridgehead atoms. The second kappa shape index (κ2) is 9.06. The van der Waals surface area contributed by atoms with Gasteiger partial charge in [0.1, 0.15) is 5.75 Å². The number of carboxylic acid groups (broad SMARTS) is 1. The monoisotopic (exact) mass is 359 g/mol. The third-order valence-corrected chi connectivity index (χ3v) is 5.63. The summed E-state index contributed by atoms with van der Waals surface area (Å²) in [6.07, 6.45) is 8.33. The zero-order valence-corrected chi connectivity index (χ0v) is 15.3. The Morgan fingerprint density at radius 2 is 1.85 bits per heavy atom. The van der Waals surface area contributed by atoms with Crippen molar-refractivity contribution in [3.8, 4) is 5.75 Å². The Kier molecular flexibility index (Phi) is 6.53. The molecule has 2 saturated carbocycles. The molecule has 0 spiro atoms. The van der Waals surface area contributed by atoms with Gasteiger partial charge in [-0.25, -0.2) is 0 Å². The average molecular weight is 359 g/mol. The summed E-state index contributed by atoms with van der Waals surface area (Å²) in [5.74, 6) is 1.75. The summed E-state index contributed by atoms with van der Waals surface area (Å²) in [5, 5.41) is 11.7. The molecule has 26 heavy (non-hydrogen) atoms. The van der Waals surface area contributed by atoms with Gasteiger partial charge >= 0.3 is 5.97 Å². The highest BCUT2D eigenvalue weighted by molar-refractivity contribution is 5.81. The highest BCUT2D eigenvalue weighted by atomic mass is 16.5. The molecule has 0 radical (unpaired) electrons. The maximum absolute atomic E-state index is 12.3. The smallest absolute Gasteiger partial charge is 0.303 e. The highest BCUT2D eigenvalue weighted by Crippen LogP contribution is 2.49. The number of hydrogen-bond acceptors (Lipinski definition) is 3. The van der Waals surface area contributed by atoms with Gasteiger partial charge in [-0.3, -0.25) is 9.59 Å². The zero-order valence-electron chi connectivity index (χ0n) is 15.3. The van der Waals surface area contributed by atoms with E-state index >= 15 is 0 Å². The first-order valence-electron chi connectivity index (χ1n) is 9.85. The van der Waals surface area contributed by atoms with E-state index in [1.807, 2.05) is 24.3 Å². The van der Waals surface area contributed by atoms with Gasteiger partial charge in [0.15, 0.2) is 0 Å². The summed E-state index contributed by atoms with van der Waals surface area (Å²) >= 11 is 0. The van der Waals surface area contributed by atoms with Crippen LogP contribution < -0.4 is 10.1 Å². The van der Waals surface area contributed by atoms with Gasteiger partial charge in [-0.1, -0.05) is 44.2 Å². The van der Waals surface area contributed by atoms with E-state index in [2.05, 4.69) is 5.32 Å². The molecule has 1 aromatic carbocycles. The number of benzene rings is 1. The van der Waals surface area contributed by atoms with E-state index in [9.17, 15) is 9.59 Å². The summed E-state index contributed by atoms with van der Waals surface area (Å²) in [5.41, 5.74) is 1.05. The molecule has 1 amide bonds. The zero-order chi connectivity index (χ0) is 18.4. The van der Waals surface area contributed by atoms with Crippen molar-refractivity contribution in [1.29, 1.82) is 0 Å². The number of aliphatic carboxylic acids is 1. The minimum absolute atomic E-state index is 0.118. The maximum atomic E-state index is 12.3. The van der Waals surface area contributed by atoms with Crippen LogP contribution >= 0.6 is 0 Å². The molecule has 2 aliphatic carbocycles. The molecule has 0 aromatic heterocycles. The van der Waals surface area contributed by atoms with Crippen LogP contribution in [0.5, 0.6) is 5.75 Å². The molecule has 1 aromatic rings. The topological polar surface area (TPSA) is 75.6 Å². The molecular weight excluding hydrogens is 330 g/mol. The van der Waals surface area contributed by atoms with E-state index in [1.165, 1.54) is 32.1 Å². The first-order valence-corrected chi connectivity index (χ1v) is 9.85. The molecule has 0 heterocycles. The first-order chi connectivity index (χ1) is 12.6. The van der Waals surface area contributed by atoms with Gasteiger partial charge in [0.05, 0.1) is 6.61 Å². The number of carbonyl (C=O) groups excluding carboxylic acids is 1. The Morgan fingerprint density at radius 1 is 1.12 bits per heavy atom. The van der Waals surface area contributed by atoms with Crippen LogP contribution in [0.25, 0.3) is 0 Å². The van der Waals surface area contributed by atoms with Crippen LogP contribution in [0.15, 0.2) is 24.3 Å². The average Bonchev–Trinajstić information content (AvgIpc) is 3.46. The maximum Gasteiger partial charge on any atom is 0.303 e. The summed E-state index contributed by atoms with van der Waals surface area (Å²) in [6, 6.07) is 7.62. The number of ether oxygens (including phenoxy) is 1. The Morgan fingerprint density at radius 3 is 2.54 bits per heavy atom. The molecule has 3 rings (SSSR count). The third-order valence-electron chi connectivity index (χ3n) is 5.63. The first kappa shape index (κ1) is 18.7. The van der Waals surface area contributed by atoms with E-state index in [4.69, 9.17) is 9.84 Å². The van der Waals surface area contributed by atoms with Crippen molar-refractivity contribution >= 4 is 11.9 Å². The normalized spacial score (nSPS) is 22.6. The largest absolute Gasteiger partial charge is 0.494 e. The highest BCUT2D eigenvalue weighted by Gasteiger charge is 2.47. The molecule has 0 aliphatic heterocycles. The number of nitrogens with one attached hydrogen (secondary N) is 1. The number of carboxylic acids is 1. The number of amides is 1. The molecule has 2 unspecified atom stereocenters. The summed E-state index contributed by atoms with van der Waals surface area (Å²) in [4.78, 5) is 22.8. The number of rotatable bonds is 9. The molecule has 5 heteroatoms. The van der Waals surface area contributed by atoms with Gasteiger partial charge in [-0.15, -0.1) is 0 Å². The fourth-order valence-corrected chi connectivity index (χ4v) is 4.04. The molecule has 5 nitrogen and oxygen atoms in total. The number of hydrogen-bond donors (Lipinski definition) is 2. The van der Waals surface area contributed by atoms with Gasteiger partial charge in [0.25, 0.3) is 0 Å². The second-order valence-electron chi connectivity index (χ2n) is 7.61. The predicted octanol–water partition coefficient (Wildman–Crippen LogP) is 3.76. The van der Waals surface area contributed by atoms with E-state index < -0.39 is 5.97 Å². The van der Waals surface area contributed by atoms with E-state index in [0.717, 1.165) is 23.7 Å². The van der Waals surface area contributed by atoms with Crippen molar-refractivity contribution in [2.24, 2.45) is 17.8 Å².